The lowest BCUT2D eigenvalue weighted by atomic mass is 10.2. The molecule has 0 saturated carbocycles. The van der Waals surface area contributed by atoms with Gasteiger partial charge in [-0.15, -0.1) is 0 Å². The third kappa shape index (κ3) is 3.68. The van der Waals surface area contributed by atoms with Crippen LogP contribution >= 0.6 is 0 Å². The van der Waals surface area contributed by atoms with Gasteiger partial charge < -0.3 is 18.7 Å². The number of benzene rings is 1. The summed E-state index contributed by atoms with van der Waals surface area (Å²) in [4.78, 5) is 6.77. The van der Waals surface area contributed by atoms with Crippen molar-refractivity contribution in [3.63, 3.8) is 0 Å². The van der Waals surface area contributed by atoms with Crippen LogP contribution in [0.1, 0.15) is 19.7 Å². The summed E-state index contributed by atoms with van der Waals surface area (Å²) in [5, 5.41) is 4.08. The smallest absolute Gasteiger partial charge is 0.241 e. The van der Waals surface area contributed by atoms with Gasteiger partial charge in [0.2, 0.25) is 11.7 Å². The number of methoxy groups -OCH3 is 2. The van der Waals surface area contributed by atoms with Crippen LogP contribution in [0, 0.1) is 0 Å². The van der Waals surface area contributed by atoms with Gasteiger partial charge in [-0.3, -0.25) is 4.90 Å². The largest absolute Gasteiger partial charge is 0.493 e. The quantitative estimate of drug-likeness (QED) is 0.832. The summed E-state index contributed by atoms with van der Waals surface area (Å²) in [5.41, 5.74) is 0.825. The minimum absolute atomic E-state index is 0.210. The SMILES string of the molecule is COc1ccc(-c2noc(CN3C[C@@H](C)O[C@H](C)C3)n2)cc1OC. The molecule has 0 spiro atoms. The molecular formula is C17H23N3O4. The van der Waals surface area contributed by atoms with Crippen LogP contribution in [-0.4, -0.2) is 54.6 Å². The lowest BCUT2D eigenvalue weighted by Crippen LogP contribution is -2.44. The molecule has 1 fully saturated rings. The van der Waals surface area contributed by atoms with Crippen LogP contribution in [0.3, 0.4) is 0 Å². The van der Waals surface area contributed by atoms with Crippen molar-refractivity contribution < 1.29 is 18.7 Å². The normalized spacial score (nSPS) is 21.7. The number of rotatable bonds is 5. The molecule has 7 heteroatoms. The van der Waals surface area contributed by atoms with E-state index in [0.717, 1.165) is 18.7 Å². The number of hydrogen-bond donors (Lipinski definition) is 0. The molecule has 0 unspecified atom stereocenters. The van der Waals surface area contributed by atoms with E-state index in [2.05, 4.69) is 28.9 Å². The van der Waals surface area contributed by atoms with E-state index in [1.807, 2.05) is 18.2 Å². The van der Waals surface area contributed by atoms with Gasteiger partial charge in [-0.25, -0.2) is 0 Å². The van der Waals surface area contributed by atoms with Gasteiger partial charge in [0.15, 0.2) is 11.5 Å². The highest BCUT2D eigenvalue weighted by atomic mass is 16.5. The molecule has 7 nitrogen and oxygen atoms in total. The molecular weight excluding hydrogens is 310 g/mol. The third-order valence-corrected chi connectivity index (χ3v) is 3.96. The van der Waals surface area contributed by atoms with Gasteiger partial charge >= 0.3 is 0 Å². The first-order valence-corrected chi connectivity index (χ1v) is 8.02. The molecule has 1 aliphatic heterocycles. The fraction of sp³-hybridized carbons (Fsp3) is 0.529. The molecule has 130 valence electrons. The molecule has 0 bridgehead atoms. The van der Waals surface area contributed by atoms with Crippen molar-refractivity contribution in [3.8, 4) is 22.9 Å². The molecule has 24 heavy (non-hydrogen) atoms. The van der Waals surface area contributed by atoms with Crippen molar-refractivity contribution in [1.29, 1.82) is 0 Å². The Morgan fingerprint density at radius 3 is 2.50 bits per heavy atom. The molecule has 1 aromatic carbocycles. The van der Waals surface area contributed by atoms with Crippen LogP contribution in [0.4, 0.5) is 0 Å². The Hall–Kier alpha value is -2.12. The van der Waals surface area contributed by atoms with Crippen LogP contribution in [0.15, 0.2) is 22.7 Å². The molecule has 1 aromatic heterocycles. The van der Waals surface area contributed by atoms with Crippen LogP contribution < -0.4 is 9.47 Å². The molecule has 1 saturated heterocycles. The fourth-order valence-electron chi connectivity index (χ4n) is 3.02. The zero-order valence-electron chi connectivity index (χ0n) is 14.5. The van der Waals surface area contributed by atoms with Gasteiger partial charge in [0.05, 0.1) is 33.0 Å². The van der Waals surface area contributed by atoms with Gasteiger partial charge in [-0.1, -0.05) is 5.16 Å². The zero-order chi connectivity index (χ0) is 17.1. The van der Waals surface area contributed by atoms with E-state index in [9.17, 15) is 0 Å². The minimum Gasteiger partial charge on any atom is -0.493 e. The summed E-state index contributed by atoms with van der Waals surface area (Å²) in [5.74, 6) is 2.44. The Balaban J connectivity index is 1.73. The van der Waals surface area contributed by atoms with E-state index in [1.54, 1.807) is 14.2 Å². The van der Waals surface area contributed by atoms with Gasteiger partial charge in [0.25, 0.3) is 0 Å². The van der Waals surface area contributed by atoms with Crippen molar-refractivity contribution >= 4 is 0 Å². The highest BCUT2D eigenvalue weighted by Crippen LogP contribution is 2.31. The van der Waals surface area contributed by atoms with E-state index in [4.69, 9.17) is 18.7 Å². The van der Waals surface area contributed by atoms with Crippen molar-refractivity contribution in [2.45, 2.75) is 32.6 Å². The van der Waals surface area contributed by atoms with E-state index in [1.165, 1.54) is 0 Å². The second kappa shape index (κ2) is 7.19. The van der Waals surface area contributed by atoms with Crippen molar-refractivity contribution in [2.75, 3.05) is 27.3 Å². The number of hydrogen-bond acceptors (Lipinski definition) is 7. The van der Waals surface area contributed by atoms with Crippen LogP contribution in [0.25, 0.3) is 11.4 Å². The molecule has 0 radical (unpaired) electrons. The van der Waals surface area contributed by atoms with Crippen molar-refractivity contribution in [1.82, 2.24) is 15.0 Å². The Bertz CT molecular complexity index is 678. The van der Waals surface area contributed by atoms with Crippen LogP contribution in [0.5, 0.6) is 11.5 Å². The minimum atomic E-state index is 0.210. The first-order chi connectivity index (χ1) is 11.6. The second-order valence-corrected chi connectivity index (χ2v) is 6.03. The molecule has 1 aliphatic rings. The second-order valence-electron chi connectivity index (χ2n) is 6.03. The number of morpholine rings is 1. The summed E-state index contributed by atoms with van der Waals surface area (Å²) in [7, 11) is 3.21. The monoisotopic (exact) mass is 333 g/mol. The average molecular weight is 333 g/mol. The predicted octanol–water partition coefficient (Wildman–Crippen LogP) is 2.36. The van der Waals surface area contributed by atoms with Gasteiger partial charge in [0.1, 0.15) is 0 Å². The number of aromatic nitrogens is 2. The summed E-state index contributed by atoms with van der Waals surface area (Å²) in [6.45, 7) is 6.49. The van der Waals surface area contributed by atoms with Gasteiger partial charge in [0, 0.05) is 18.7 Å². The van der Waals surface area contributed by atoms with Crippen LogP contribution in [-0.2, 0) is 11.3 Å². The summed E-state index contributed by atoms with van der Waals surface area (Å²) in [6, 6.07) is 5.55. The van der Waals surface area contributed by atoms with Crippen LogP contribution in [0.2, 0.25) is 0 Å². The standard InChI is InChI=1S/C17H23N3O4/c1-11-8-20(9-12(2)23-11)10-16-18-17(19-24-16)13-5-6-14(21-3)15(7-13)22-4/h5-7,11-12H,8-10H2,1-4H3/t11-,12-/m1/s1. The van der Waals surface area contributed by atoms with E-state index in [0.29, 0.717) is 29.8 Å². The maximum absolute atomic E-state index is 5.74. The highest BCUT2D eigenvalue weighted by Gasteiger charge is 2.24. The predicted molar refractivity (Wildman–Crippen MR) is 88.1 cm³/mol. The summed E-state index contributed by atoms with van der Waals surface area (Å²) >= 11 is 0. The molecule has 2 atom stereocenters. The first kappa shape index (κ1) is 16.7. The lowest BCUT2D eigenvalue weighted by molar-refractivity contribution is -0.0725. The van der Waals surface area contributed by atoms with Gasteiger partial charge in [-0.05, 0) is 32.0 Å². The van der Waals surface area contributed by atoms with E-state index < -0.39 is 0 Å². The Labute approximate surface area is 141 Å². The first-order valence-electron chi connectivity index (χ1n) is 8.02. The third-order valence-electron chi connectivity index (χ3n) is 3.96. The molecule has 2 aromatic rings. The lowest BCUT2D eigenvalue weighted by Gasteiger charge is -2.34. The topological polar surface area (TPSA) is 69.9 Å². The van der Waals surface area contributed by atoms with E-state index >= 15 is 0 Å². The van der Waals surface area contributed by atoms with Crippen molar-refractivity contribution in [3.05, 3.63) is 24.1 Å². The van der Waals surface area contributed by atoms with E-state index in [-0.39, 0.29) is 12.2 Å². The Morgan fingerprint density at radius 1 is 1.12 bits per heavy atom. The number of nitrogens with zero attached hydrogens (tertiary/aromatic N) is 3. The highest BCUT2D eigenvalue weighted by molar-refractivity contribution is 5.60. The molecule has 0 N–H and O–H groups in total. The van der Waals surface area contributed by atoms with Crippen molar-refractivity contribution in [2.24, 2.45) is 0 Å². The fourth-order valence-corrected chi connectivity index (χ4v) is 3.02. The molecule has 3 rings (SSSR count). The van der Waals surface area contributed by atoms with Gasteiger partial charge in [-0.2, -0.15) is 4.98 Å². The maximum atomic E-state index is 5.74. The Morgan fingerprint density at radius 2 is 1.83 bits per heavy atom. The number of ether oxygens (including phenoxy) is 3. The average Bonchev–Trinajstić information content (AvgIpc) is 3.01. The molecule has 2 heterocycles. The molecule has 0 amide bonds. The summed E-state index contributed by atoms with van der Waals surface area (Å²) < 4.78 is 21.7. The summed E-state index contributed by atoms with van der Waals surface area (Å²) in [6.07, 6.45) is 0.420. The zero-order valence-corrected chi connectivity index (χ0v) is 14.5. The Kier molecular flexibility index (Phi) is 5.01. The maximum Gasteiger partial charge on any atom is 0.241 e. The molecule has 0 aliphatic carbocycles.